The van der Waals surface area contributed by atoms with Crippen molar-refractivity contribution in [1.82, 2.24) is 0 Å². The van der Waals surface area contributed by atoms with E-state index in [-0.39, 0.29) is 12.2 Å². The van der Waals surface area contributed by atoms with Crippen LogP contribution in [0, 0.1) is 17.1 Å². The molecule has 0 atom stereocenters. The Bertz CT molecular complexity index is 572. The van der Waals surface area contributed by atoms with E-state index in [0.29, 0.717) is 11.1 Å². The maximum absolute atomic E-state index is 13.5. The molecule has 0 heterocycles. The number of nitrogens with zero attached hydrogens (tertiary/aromatic N) is 1. The van der Waals surface area contributed by atoms with Crippen LogP contribution in [0.15, 0.2) is 30.3 Å². The SMILES string of the molecule is COc1ccc2c(F)ccc(CC#N)c2c1. The molecule has 0 aliphatic rings. The van der Waals surface area contributed by atoms with E-state index in [1.54, 1.807) is 31.4 Å². The van der Waals surface area contributed by atoms with Crippen LogP contribution in [0.2, 0.25) is 0 Å². The van der Waals surface area contributed by atoms with Gasteiger partial charge < -0.3 is 4.74 Å². The van der Waals surface area contributed by atoms with Gasteiger partial charge in [-0.05, 0) is 35.2 Å². The van der Waals surface area contributed by atoms with Gasteiger partial charge >= 0.3 is 0 Å². The maximum Gasteiger partial charge on any atom is 0.131 e. The fourth-order valence-electron chi connectivity index (χ4n) is 1.72. The van der Waals surface area contributed by atoms with Gasteiger partial charge in [0.25, 0.3) is 0 Å². The molecule has 0 aliphatic heterocycles. The highest BCUT2D eigenvalue weighted by molar-refractivity contribution is 5.87. The van der Waals surface area contributed by atoms with Crippen LogP contribution in [-0.4, -0.2) is 7.11 Å². The molecule has 2 nitrogen and oxygen atoms in total. The Morgan fingerprint density at radius 1 is 1.25 bits per heavy atom. The quantitative estimate of drug-likeness (QED) is 0.771. The molecule has 0 amide bonds. The van der Waals surface area contributed by atoms with Crippen LogP contribution in [-0.2, 0) is 6.42 Å². The minimum Gasteiger partial charge on any atom is -0.497 e. The summed E-state index contributed by atoms with van der Waals surface area (Å²) in [6.07, 6.45) is 0.268. The first-order chi connectivity index (χ1) is 7.76. The van der Waals surface area contributed by atoms with Crippen LogP contribution in [0.25, 0.3) is 10.8 Å². The molecule has 0 fully saturated rings. The van der Waals surface area contributed by atoms with Crippen LogP contribution in [0.3, 0.4) is 0 Å². The molecule has 80 valence electrons. The van der Waals surface area contributed by atoms with Crippen molar-refractivity contribution in [1.29, 1.82) is 5.26 Å². The summed E-state index contributed by atoms with van der Waals surface area (Å²) in [5, 5.41) is 9.96. The van der Waals surface area contributed by atoms with Crippen molar-refractivity contribution in [3.05, 3.63) is 41.7 Å². The Kier molecular flexibility index (Phi) is 2.74. The molecule has 0 aromatic heterocycles. The van der Waals surface area contributed by atoms with Crippen molar-refractivity contribution in [2.45, 2.75) is 6.42 Å². The molecule has 0 saturated heterocycles. The summed E-state index contributed by atoms with van der Waals surface area (Å²) in [5.74, 6) is 0.386. The molecule has 0 aliphatic carbocycles. The lowest BCUT2D eigenvalue weighted by Gasteiger charge is -2.06. The Hall–Kier alpha value is -2.08. The standard InChI is InChI=1S/C13H10FNO/c1-16-10-3-4-11-12(8-10)9(6-7-15)2-5-13(11)14/h2-5,8H,6H2,1H3. The number of methoxy groups -OCH3 is 1. The zero-order valence-corrected chi connectivity index (χ0v) is 8.83. The molecule has 3 heteroatoms. The Morgan fingerprint density at radius 2 is 2.06 bits per heavy atom. The molecular weight excluding hydrogens is 205 g/mol. The molecule has 2 aromatic carbocycles. The number of halogens is 1. The molecular formula is C13H10FNO. The predicted molar refractivity (Wildman–Crippen MR) is 59.8 cm³/mol. The monoisotopic (exact) mass is 215 g/mol. The molecule has 2 aromatic rings. The van der Waals surface area contributed by atoms with Crippen molar-refractivity contribution >= 4 is 10.8 Å². The van der Waals surface area contributed by atoms with Crippen LogP contribution in [0.1, 0.15) is 5.56 Å². The van der Waals surface area contributed by atoms with Crippen molar-refractivity contribution in [2.24, 2.45) is 0 Å². The summed E-state index contributed by atoms with van der Waals surface area (Å²) >= 11 is 0. The number of rotatable bonds is 2. The van der Waals surface area contributed by atoms with Gasteiger partial charge in [-0.1, -0.05) is 6.07 Å². The largest absolute Gasteiger partial charge is 0.497 e. The first-order valence-corrected chi connectivity index (χ1v) is 4.88. The van der Waals surface area contributed by atoms with Crippen molar-refractivity contribution in [2.75, 3.05) is 7.11 Å². The zero-order chi connectivity index (χ0) is 11.5. The highest BCUT2D eigenvalue weighted by Gasteiger charge is 2.06. The number of nitriles is 1. The summed E-state index contributed by atoms with van der Waals surface area (Å²) < 4.78 is 18.6. The van der Waals surface area contributed by atoms with Gasteiger partial charge in [0.2, 0.25) is 0 Å². The topological polar surface area (TPSA) is 33.0 Å². The molecule has 0 radical (unpaired) electrons. The third-order valence-electron chi connectivity index (χ3n) is 2.53. The summed E-state index contributed by atoms with van der Waals surface area (Å²) in [6.45, 7) is 0. The Morgan fingerprint density at radius 3 is 2.75 bits per heavy atom. The second-order valence-electron chi connectivity index (χ2n) is 3.45. The van der Waals surface area contributed by atoms with Gasteiger partial charge in [0.1, 0.15) is 11.6 Å². The normalized spacial score (nSPS) is 10.1. The Balaban J connectivity index is 2.73. The van der Waals surface area contributed by atoms with Crippen molar-refractivity contribution < 1.29 is 9.13 Å². The highest BCUT2D eigenvalue weighted by Crippen LogP contribution is 2.26. The first kappa shape index (κ1) is 10.4. The van der Waals surface area contributed by atoms with Crippen LogP contribution in [0.5, 0.6) is 5.75 Å². The van der Waals surface area contributed by atoms with Gasteiger partial charge in [0, 0.05) is 5.39 Å². The number of benzene rings is 2. The fraction of sp³-hybridized carbons (Fsp3) is 0.154. The number of ether oxygens (including phenoxy) is 1. The minimum atomic E-state index is -0.278. The summed E-state index contributed by atoms with van der Waals surface area (Å²) in [5.41, 5.74) is 0.817. The van der Waals surface area contributed by atoms with Crippen LogP contribution in [0.4, 0.5) is 4.39 Å². The minimum absolute atomic E-state index is 0.268. The zero-order valence-electron chi connectivity index (χ0n) is 8.83. The van der Waals surface area contributed by atoms with Crippen LogP contribution >= 0.6 is 0 Å². The van der Waals surface area contributed by atoms with Gasteiger partial charge in [0.15, 0.2) is 0 Å². The van der Waals surface area contributed by atoms with Gasteiger partial charge in [-0.15, -0.1) is 0 Å². The third kappa shape index (κ3) is 1.70. The molecule has 0 spiro atoms. The molecule has 0 bridgehead atoms. The third-order valence-corrected chi connectivity index (χ3v) is 2.53. The number of fused-ring (bicyclic) bond motifs is 1. The van der Waals surface area contributed by atoms with Crippen LogP contribution < -0.4 is 4.74 Å². The lowest BCUT2D eigenvalue weighted by molar-refractivity contribution is 0.415. The lowest BCUT2D eigenvalue weighted by Crippen LogP contribution is -1.90. The smallest absolute Gasteiger partial charge is 0.131 e. The highest BCUT2D eigenvalue weighted by atomic mass is 19.1. The first-order valence-electron chi connectivity index (χ1n) is 4.88. The van der Waals surface area contributed by atoms with Gasteiger partial charge in [-0.3, -0.25) is 0 Å². The van der Waals surface area contributed by atoms with E-state index in [2.05, 4.69) is 6.07 Å². The van der Waals surface area contributed by atoms with E-state index in [0.717, 1.165) is 10.9 Å². The molecule has 0 saturated carbocycles. The molecule has 0 unspecified atom stereocenters. The average Bonchev–Trinajstić information content (AvgIpc) is 2.32. The van der Waals surface area contributed by atoms with E-state index in [9.17, 15) is 4.39 Å². The second-order valence-corrected chi connectivity index (χ2v) is 3.45. The second kappa shape index (κ2) is 4.19. The van der Waals surface area contributed by atoms with E-state index in [1.807, 2.05) is 0 Å². The lowest BCUT2D eigenvalue weighted by atomic mass is 10.0. The summed E-state index contributed by atoms with van der Waals surface area (Å²) in [6, 6.07) is 10.2. The van der Waals surface area contributed by atoms with E-state index in [4.69, 9.17) is 10.00 Å². The van der Waals surface area contributed by atoms with E-state index in [1.165, 1.54) is 6.07 Å². The van der Waals surface area contributed by atoms with E-state index < -0.39 is 0 Å². The average molecular weight is 215 g/mol. The number of hydrogen-bond acceptors (Lipinski definition) is 2. The summed E-state index contributed by atoms with van der Waals surface area (Å²) in [7, 11) is 1.56. The van der Waals surface area contributed by atoms with Crippen molar-refractivity contribution in [3.63, 3.8) is 0 Å². The molecule has 16 heavy (non-hydrogen) atoms. The molecule has 0 N–H and O–H groups in total. The van der Waals surface area contributed by atoms with Gasteiger partial charge in [-0.25, -0.2) is 4.39 Å². The van der Waals surface area contributed by atoms with Gasteiger partial charge in [0.05, 0.1) is 19.6 Å². The molecule has 2 rings (SSSR count). The maximum atomic E-state index is 13.5. The van der Waals surface area contributed by atoms with Crippen molar-refractivity contribution in [3.8, 4) is 11.8 Å². The van der Waals surface area contributed by atoms with Gasteiger partial charge in [-0.2, -0.15) is 5.26 Å². The predicted octanol–water partition coefficient (Wildman–Crippen LogP) is 3.05. The fourth-order valence-corrected chi connectivity index (χ4v) is 1.72. The Labute approximate surface area is 92.9 Å². The summed E-state index contributed by atoms with van der Waals surface area (Å²) in [4.78, 5) is 0. The number of hydrogen-bond donors (Lipinski definition) is 0. The van der Waals surface area contributed by atoms with E-state index >= 15 is 0 Å².